The summed E-state index contributed by atoms with van der Waals surface area (Å²) in [5, 5.41) is 1.25. The van der Waals surface area contributed by atoms with Crippen molar-refractivity contribution in [1.82, 2.24) is 9.47 Å². The Labute approximate surface area is 345 Å². The third-order valence-corrected chi connectivity index (χ3v) is 14.1. The molecule has 6 aromatic carbocycles. The highest BCUT2D eigenvalue weighted by Crippen LogP contribution is 2.67. The van der Waals surface area contributed by atoms with Gasteiger partial charge in [0.15, 0.2) is 6.17 Å². The van der Waals surface area contributed by atoms with Gasteiger partial charge in [-0.15, -0.1) is 0 Å². The molecule has 2 heterocycles. The molecule has 4 aliphatic carbocycles. The van der Waals surface area contributed by atoms with E-state index in [9.17, 15) is 0 Å². The number of benzene rings is 6. The quantitative estimate of drug-likeness (QED) is 0.177. The number of nitrogens with zero attached hydrogens (tertiary/aromatic N) is 4. The van der Waals surface area contributed by atoms with E-state index >= 15 is 0 Å². The van der Waals surface area contributed by atoms with Crippen LogP contribution in [0.1, 0.15) is 77.0 Å². The summed E-state index contributed by atoms with van der Waals surface area (Å²) < 4.78 is 2.44. The van der Waals surface area contributed by atoms with Crippen LogP contribution in [0.15, 0.2) is 186 Å². The highest BCUT2D eigenvalue weighted by Gasteiger charge is 2.61. The Morgan fingerprint density at radius 3 is 2.19 bits per heavy atom. The van der Waals surface area contributed by atoms with Crippen molar-refractivity contribution in [3.8, 4) is 22.3 Å². The summed E-state index contributed by atoms with van der Waals surface area (Å²) in [6, 6.07) is 53.6. The molecule has 0 amide bonds. The first kappa shape index (κ1) is 34.3. The summed E-state index contributed by atoms with van der Waals surface area (Å²) in [4.78, 5) is 13.5. The van der Waals surface area contributed by atoms with E-state index in [1.54, 1.807) is 0 Å². The Hall–Kier alpha value is -6.78. The number of aromatic nitrogens is 1. The summed E-state index contributed by atoms with van der Waals surface area (Å²) in [6.45, 7) is 4.80. The fourth-order valence-electron chi connectivity index (χ4n) is 11.5. The molecule has 1 aromatic heterocycles. The van der Waals surface area contributed by atoms with Crippen LogP contribution in [0.25, 0.3) is 39.2 Å². The summed E-state index contributed by atoms with van der Waals surface area (Å²) >= 11 is 0. The summed E-state index contributed by atoms with van der Waals surface area (Å²) in [7, 11) is 2.13. The van der Waals surface area contributed by atoms with Crippen molar-refractivity contribution in [2.45, 2.75) is 43.2 Å². The molecular formula is C55H44N4. The Morgan fingerprint density at radius 2 is 1.37 bits per heavy atom. The largest absolute Gasteiger partial charge is 0.333 e. The minimum atomic E-state index is -0.364. The van der Waals surface area contributed by atoms with E-state index in [1.165, 1.54) is 61.2 Å². The van der Waals surface area contributed by atoms with Crippen molar-refractivity contribution in [2.75, 3.05) is 7.05 Å². The van der Waals surface area contributed by atoms with E-state index in [2.05, 4.69) is 212 Å². The molecule has 12 rings (SSSR count). The van der Waals surface area contributed by atoms with E-state index in [0.29, 0.717) is 0 Å². The van der Waals surface area contributed by atoms with Crippen molar-refractivity contribution in [3.05, 3.63) is 221 Å². The molecule has 0 bridgehead atoms. The normalized spacial score (nSPS) is 24.4. The van der Waals surface area contributed by atoms with Gasteiger partial charge in [-0.2, -0.15) is 4.99 Å². The molecule has 1 spiro atoms. The lowest BCUT2D eigenvalue weighted by Gasteiger charge is -2.40. The first-order valence-corrected chi connectivity index (χ1v) is 21.0. The average molecular weight is 761 g/mol. The van der Waals surface area contributed by atoms with Gasteiger partial charge in [-0.25, -0.2) is 4.99 Å². The fraction of sp³-hybridized carbons (Fsp3) is 0.164. The zero-order valence-electron chi connectivity index (χ0n) is 33.5. The maximum Gasteiger partial charge on any atom is 0.234 e. The maximum atomic E-state index is 5.69. The van der Waals surface area contributed by atoms with Crippen LogP contribution in [-0.2, 0) is 10.8 Å². The number of allylic oxidation sites excluding steroid dienone is 5. The molecule has 4 heteroatoms. The first-order chi connectivity index (χ1) is 29.0. The van der Waals surface area contributed by atoms with Gasteiger partial charge in [0.25, 0.3) is 0 Å². The molecule has 0 fully saturated rings. The van der Waals surface area contributed by atoms with Crippen LogP contribution >= 0.6 is 0 Å². The smallest absolute Gasteiger partial charge is 0.234 e. The van der Waals surface area contributed by atoms with Crippen LogP contribution in [0, 0.1) is 5.92 Å². The minimum Gasteiger partial charge on any atom is -0.333 e. The average Bonchev–Trinajstić information content (AvgIpc) is 3.86. The topological polar surface area (TPSA) is 32.9 Å². The molecule has 0 radical (unpaired) electrons. The number of aliphatic imine (C=N–C) groups is 2. The molecule has 5 unspecified atom stereocenters. The number of fused-ring (bicyclic) bond motifs is 13. The molecule has 0 N–H and O–H groups in total. The standard InChI is InChI=1S/C55H44N4/c1-35-18-16-26-41-43-33-42-40-25-10-11-27-44(40)55(46-29-13-12-28-45(46)54(2)31-15-14-30-49(54)55)47(42)34-48(43)59(50(35)41)53-56-51(37-21-8-5-9-22-37)58(3)52(57-53)39-24-17-23-38(32-39)36-19-6-4-7-20-36/h4-17,19-35,49,52H,18H2,1-3H3. The monoisotopic (exact) mass is 760 g/mol. The summed E-state index contributed by atoms with van der Waals surface area (Å²) in [6.07, 6.45) is 14.8. The van der Waals surface area contributed by atoms with Gasteiger partial charge in [0.2, 0.25) is 5.96 Å². The predicted molar refractivity (Wildman–Crippen MR) is 243 cm³/mol. The second-order valence-electron chi connectivity index (χ2n) is 17.2. The fourth-order valence-corrected chi connectivity index (χ4v) is 11.5. The molecule has 5 atom stereocenters. The van der Waals surface area contributed by atoms with Crippen molar-refractivity contribution in [1.29, 1.82) is 0 Å². The molecule has 0 saturated carbocycles. The van der Waals surface area contributed by atoms with Gasteiger partial charge in [0.1, 0.15) is 5.84 Å². The van der Waals surface area contributed by atoms with Gasteiger partial charge in [-0.1, -0.05) is 178 Å². The lowest BCUT2D eigenvalue weighted by molar-refractivity contribution is 0.372. The summed E-state index contributed by atoms with van der Waals surface area (Å²) in [5.41, 5.74) is 16.0. The van der Waals surface area contributed by atoms with Gasteiger partial charge in [-0.3, -0.25) is 4.57 Å². The van der Waals surface area contributed by atoms with Gasteiger partial charge in [0, 0.05) is 46.5 Å². The molecule has 1 aliphatic heterocycles. The molecule has 5 aliphatic rings. The van der Waals surface area contributed by atoms with Crippen LogP contribution in [0.2, 0.25) is 0 Å². The molecule has 4 nitrogen and oxygen atoms in total. The Morgan fingerprint density at radius 1 is 0.661 bits per heavy atom. The number of hydrogen-bond donors (Lipinski definition) is 0. The lowest BCUT2D eigenvalue weighted by Crippen LogP contribution is -2.39. The van der Waals surface area contributed by atoms with Gasteiger partial charge in [-0.05, 0) is 74.7 Å². The SMILES string of the molecule is CC1CC=Cc2c1n(C1=NC(c3cccc(-c4ccccc4)c3)N(C)C(c3ccccc3)=N1)c1cc3c(cc21)-c1ccccc1C31c2ccccc2C2(C)C=CC=CC21. The molecular weight excluding hydrogens is 717 g/mol. The van der Waals surface area contributed by atoms with Crippen molar-refractivity contribution in [2.24, 2.45) is 15.9 Å². The highest BCUT2D eigenvalue weighted by atomic mass is 15.4. The summed E-state index contributed by atoms with van der Waals surface area (Å²) in [5.74, 6) is 2.12. The third-order valence-electron chi connectivity index (χ3n) is 14.1. The Bertz CT molecular complexity index is 3030. The first-order valence-electron chi connectivity index (χ1n) is 21.0. The third kappa shape index (κ3) is 4.66. The predicted octanol–water partition coefficient (Wildman–Crippen LogP) is 12.5. The van der Waals surface area contributed by atoms with Crippen LogP contribution in [0.4, 0.5) is 0 Å². The Balaban J connectivity index is 1.15. The molecule has 284 valence electrons. The van der Waals surface area contributed by atoms with Gasteiger partial charge < -0.3 is 4.90 Å². The maximum absolute atomic E-state index is 5.69. The van der Waals surface area contributed by atoms with Crippen LogP contribution in [0.3, 0.4) is 0 Å². The second kappa shape index (κ2) is 12.6. The van der Waals surface area contributed by atoms with E-state index in [-0.39, 0.29) is 28.8 Å². The second-order valence-corrected chi connectivity index (χ2v) is 17.2. The molecule has 59 heavy (non-hydrogen) atoms. The zero-order chi connectivity index (χ0) is 39.5. The van der Waals surface area contributed by atoms with Crippen molar-refractivity contribution < 1.29 is 0 Å². The number of hydrogen-bond acceptors (Lipinski definition) is 3. The minimum absolute atomic E-state index is 0.151. The lowest BCUT2D eigenvalue weighted by atomic mass is 9.61. The molecule has 0 saturated heterocycles. The van der Waals surface area contributed by atoms with Gasteiger partial charge >= 0.3 is 0 Å². The van der Waals surface area contributed by atoms with Crippen molar-refractivity contribution in [3.63, 3.8) is 0 Å². The van der Waals surface area contributed by atoms with Crippen LogP contribution in [0.5, 0.6) is 0 Å². The van der Waals surface area contributed by atoms with E-state index in [0.717, 1.165) is 34.9 Å². The van der Waals surface area contributed by atoms with E-state index in [1.807, 2.05) is 0 Å². The van der Waals surface area contributed by atoms with Crippen LogP contribution in [-0.4, -0.2) is 28.3 Å². The van der Waals surface area contributed by atoms with Gasteiger partial charge in [0.05, 0.1) is 10.9 Å². The zero-order valence-corrected chi connectivity index (χ0v) is 33.5. The number of amidine groups is 1. The number of rotatable bonds is 3. The Kier molecular flexibility index (Phi) is 7.33. The van der Waals surface area contributed by atoms with Crippen molar-refractivity contribution >= 4 is 28.8 Å². The van der Waals surface area contributed by atoms with Crippen LogP contribution < -0.4 is 0 Å². The highest BCUT2D eigenvalue weighted by molar-refractivity contribution is 6.11. The molecule has 7 aromatic rings. The van der Waals surface area contributed by atoms with E-state index in [4.69, 9.17) is 9.98 Å². The van der Waals surface area contributed by atoms with E-state index < -0.39 is 0 Å².